The van der Waals surface area contributed by atoms with Gasteiger partial charge in [-0.15, -0.1) is 0 Å². The first-order valence-electron chi connectivity index (χ1n) is 7.73. The number of rotatable bonds is 3. The van der Waals surface area contributed by atoms with Crippen LogP contribution < -0.4 is 5.32 Å². The van der Waals surface area contributed by atoms with E-state index >= 15 is 0 Å². The maximum absolute atomic E-state index is 12.6. The molecule has 4 nitrogen and oxygen atoms in total. The highest BCUT2D eigenvalue weighted by atomic mass is 16.6. The van der Waals surface area contributed by atoms with Gasteiger partial charge < -0.3 is 10.1 Å². The fraction of sp³-hybridized carbons (Fsp3) is 0.263. The molecular formula is C19H19NO3. The lowest BCUT2D eigenvalue weighted by Crippen LogP contribution is -2.48. The van der Waals surface area contributed by atoms with E-state index in [9.17, 15) is 9.59 Å². The number of nitrogens with one attached hydrogen (secondary N) is 1. The molecule has 1 N–H and O–H groups in total. The Bertz CT molecular complexity index is 751. The van der Waals surface area contributed by atoms with Gasteiger partial charge in [0, 0.05) is 12.1 Å². The van der Waals surface area contributed by atoms with Crippen LogP contribution in [0.15, 0.2) is 48.5 Å². The summed E-state index contributed by atoms with van der Waals surface area (Å²) in [5.41, 5.74) is 2.07. The van der Waals surface area contributed by atoms with Crippen LogP contribution in [0.3, 0.4) is 0 Å². The smallest absolute Gasteiger partial charge is 0.339 e. The van der Waals surface area contributed by atoms with Crippen molar-refractivity contribution in [2.24, 2.45) is 0 Å². The average Bonchev–Trinajstić information content (AvgIpc) is 2.55. The molecule has 3 rings (SSSR count). The predicted molar refractivity (Wildman–Crippen MR) is 88.4 cm³/mol. The number of carbonyl (C=O) groups is 2. The van der Waals surface area contributed by atoms with E-state index in [1.807, 2.05) is 36.4 Å². The Labute approximate surface area is 135 Å². The van der Waals surface area contributed by atoms with Gasteiger partial charge in [0.15, 0.2) is 5.60 Å². The number of carbonyl (C=O) groups excluding carboxylic acids is 2. The zero-order chi connectivity index (χ0) is 16.4. The monoisotopic (exact) mass is 309 g/mol. The van der Waals surface area contributed by atoms with Crippen molar-refractivity contribution in [3.8, 4) is 0 Å². The number of amides is 1. The van der Waals surface area contributed by atoms with Gasteiger partial charge in [-0.05, 0) is 42.7 Å². The molecule has 2 aromatic rings. The molecule has 1 unspecified atom stereocenters. The van der Waals surface area contributed by atoms with E-state index in [-0.39, 0.29) is 5.91 Å². The first-order valence-corrected chi connectivity index (χ1v) is 7.73. The van der Waals surface area contributed by atoms with Gasteiger partial charge in [-0.3, -0.25) is 4.79 Å². The van der Waals surface area contributed by atoms with Crippen LogP contribution >= 0.6 is 0 Å². The Balaban J connectivity index is 1.80. The maximum Gasteiger partial charge on any atom is 0.339 e. The summed E-state index contributed by atoms with van der Waals surface area (Å²) in [4.78, 5) is 24.8. The molecule has 23 heavy (non-hydrogen) atoms. The summed E-state index contributed by atoms with van der Waals surface area (Å²) in [6.07, 6.45) is 1.31. The number of anilines is 1. The second-order valence-corrected chi connectivity index (χ2v) is 5.96. The number of cyclic esters (lactones) is 1. The van der Waals surface area contributed by atoms with E-state index in [0.717, 1.165) is 12.0 Å². The number of esters is 1. The Morgan fingerprint density at radius 1 is 1.17 bits per heavy atom. The molecule has 4 heteroatoms. The van der Waals surface area contributed by atoms with E-state index in [1.54, 1.807) is 19.1 Å². The third-order valence-electron chi connectivity index (χ3n) is 4.18. The van der Waals surface area contributed by atoms with Crippen molar-refractivity contribution in [1.82, 2.24) is 0 Å². The molecule has 1 heterocycles. The topological polar surface area (TPSA) is 55.4 Å². The molecule has 1 aliphatic rings. The molecule has 118 valence electrons. The Kier molecular flexibility index (Phi) is 3.90. The van der Waals surface area contributed by atoms with E-state index in [4.69, 9.17) is 4.74 Å². The van der Waals surface area contributed by atoms with Gasteiger partial charge in [0.1, 0.15) is 0 Å². The van der Waals surface area contributed by atoms with Crippen LogP contribution in [0.1, 0.15) is 35.3 Å². The first-order chi connectivity index (χ1) is 11.0. The Morgan fingerprint density at radius 3 is 2.57 bits per heavy atom. The summed E-state index contributed by atoms with van der Waals surface area (Å²) in [6, 6.07) is 14.9. The Morgan fingerprint density at radius 2 is 1.87 bits per heavy atom. The number of hydrogen-bond acceptors (Lipinski definition) is 3. The lowest BCUT2D eigenvalue weighted by atomic mass is 9.89. The summed E-state index contributed by atoms with van der Waals surface area (Å²) in [6.45, 7) is 3.73. The van der Waals surface area contributed by atoms with Gasteiger partial charge in [0.2, 0.25) is 0 Å². The van der Waals surface area contributed by atoms with Gasteiger partial charge >= 0.3 is 5.97 Å². The molecule has 0 saturated carbocycles. The van der Waals surface area contributed by atoms with Crippen LogP contribution in [0.2, 0.25) is 0 Å². The minimum Gasteiger partial charge on any atom is -0.445 e. The van der Waals surface area contributed by atoms with Crippen molar-refractivity contribution < 1.29 is 14.3 Å². The van der Waals surface area contributed by atoms with Gasteiger partial charge in [-0.25, -0.2) is 4.79 Å². The summed E-state index contributed by atoms with van der Waals surface area (Å²) >= 11 is 0. The fourth-order valence-electron chi connectivity index (χ4n) is 2.75. The summed E-state index contributed by atoms with van der Waals surface area (Å²) < 4.78 is 5.43. The zero-order valence-electron chi connectivity index (χ0n) is 13.3. The van der Waals surface area contributed by atoms with Gasteiger partial charge in [0.05, 0.1) is 5.56 Å². The lowest BCUT2D eigenvalue weighted by molar-refractivity contribution is -0.134. The van der Waals surface area contributed by atoms with Gasteiger partial charge in [0.25, 0.3) is 5.91 Å². The van der Waals surface area contributed by atoms with Crippen LogP contribution in [0, 0.1) is 0 Å². The molecule has 0 bridgehead atoms. The van der Waals surface area contributed by atoms with Gasteiger partial charge in [-0.1, -0.05) is 37.3 Å². The van der Waals surface area contributed by atoms with E-state index < -0.39 is 11.6 Å². The van der Waals surface area contributed by atoms with Crippen molar-refractivity contribution in [2.75, 3.05) is 5.32 Å². The maximum atomic E-state index is 12.6. The van der Waals surface area contributed by atoms with Crippen LogP contribution in [0.4, 0.5) is 5.69 Å². The van der Waals surface area contributed by atoms with E-state index in [1.165, 1.54) is 5.56 Å². The van der Waals surface area contributed by atoms with Gasteiger partial charge in [-0.2, -0.15) is 0 Å². The fourth-order valence-corrected chi connectivity index (χ4v) is 2.75. The standard InChI is InChI=1S/C19H19NO3/c1-3-13-8-10-15(11-9-13)20-18(22)19(2)12-14-6-4-5-7-16(14)17(21)23-19/h4-11H,3,12H2,1-2H3,(H,20,22). The van der Waals surface area contributed by atoms with Crippen molar-refractivity contribution in [1.29, 1.82) is 0 Å². The highest BCUT2D eigenvalue weighted by Gasteiger charge is 2.42. The van der Waals surface area contributed by atoms with Crippen LogP contribution in [-0.2, 0) is 22.4 Å². The normalized spacial score (nSPS) is 19.7. The molecule has 2 aromatic carbocycles. The molecule has 0 fully saturated rings. The molecule has 1 amide bonds. The average molecular weight is 309 g/mol. The molecule has 0 aliphatic carbocycles. The molecule has 1 aliphatic heterocycles. The summed E-state index contributed by atoms with van der Waals surface area (Å²) in [5, 5.41) is 2.84. The third kappa shape index (κ3) is 2.97. The second-order valence-electron chi connectivity index (χ2n) is 5.96. The quantitative estimate of drug-likeness (QED) is 0.885. The van der Waals surface area contributed by atoms with Crippen molar-refractivity contribution in [3.63, 3.8) is 0 Å². The molecule has 1 atom stereocenters. The molecular weight excluding hydrogens is 290 g/mol. The number of hydrogen-bond donors (Lipinski definition) is 1. The summed E-state index contributed by atoms with van der Waals surface area (Å²) in [7, 11) is 0. The SMILES string of the molecule is CCc1ccc(NC(=O)C2(C)Cc3ccccc3C(=O)O2)cc1. The molecule has 0 radical (unpaired) electrons. The van der Waals surface area contributed by atoms with Crippen molar-refractivity contribution in [3.05, 3.63) is 65.2 Å². The summed E-state index contributed by atoms with van der Waals surface area (Å²) in [5.74, 6) is -0.768. The van der Waals surface area contributed by atoms with E-state index in [0.29, 0.717) is 17.7 Å². The number of benzene rings is 2. The second kappa shape index (κ2) is 5.88. The molecule has 0 aromatic heterocycles. The molecule has 0 spiro atoms. The highest BCUT2D eigenvalue weighted by Crippen LogP contribution is 2.29. The zero-order valence-corrected chi connectivity index (χ0v) is 13.3. The number of fused-ring (bicyclic) bond motifs is 1. The number of aryl methyl sites for hydroxylation is 1. The minimum absolute atomic E-state index is 0.315. The lowest BCUT2D eigenvalue weighted by Gasteiger charge is -2.33. The Hall–Kier alpha value is -2.62. The third-order valence-corrected chi connectivity index (χ3v) is 4.18. The van der Waals surface area contributed by atoms with Crippen molar-refractivity contribution >= 4 is 17.6 Å². The van der Waals surface area contributed by atoms with Crippen molar-refractivity contribution in [2.45, 2.75) is 32.3 Å². The number of ether oxygens (including phenoxy) is 1. The first kappa shape index (κ1) is 15.3. The van der Waals surface area contributed by atoms with E-state index in [2.05, 4.69) is 12.2 Å². The largest absolute Gasteiger partial charge is 0.445 e. The predicted octanol–water partition coefficient (Wildman–Crippen LogP) is 3.36. The molecule has 0 saturated heterocycles. The van der Waals surface area contributed by atoms with Crippen LogP contribution in [0.5, 0.6) is 0 Å². The van der Waals surface area contributed by atoms with Crippen LogP contribution in [0.25, 0.3) is 0 Å². The highest BCUT2D eigenvalue weighted by molar-refractivity contribution is 6.02. The minimum atomic E-state index is -1.20. The van der Waals surface area contributed by atoms with Crippen LogP contribution in [-0.4, -0.2) is 17.5 Å².